The molecule has 80 valence electrons. The molecule has 0 aromatic heterocycles. The van der Waals surface area contributed by atoms with Gasteiger partial charge in [-0.05, 0) is 26.8 Å². The zero-order valence-corrected chi connectivity index (χ0v) is 8.82. The maximum Gasteiger partial charge on any atom is 0.239 e. The molecule has 3 unspecified atom stereocenters. The van der Waals surface area contributed by atoms with Gasteiger partial charge in [0, 0.05) is 13.1 Å². The van der Waals surface area contributed by atoms with Crippen LogP contribution in [0.25, 0.3) is 0 Å². The number of hydrogen-bond acceptors (Lipinski definition) is 3. The number of carbonyl (C=O) groups excluding carboxylic acids is 1. The van der Waals surface area contributed by atoms with Crippen molar-refractivity contribution in [1.82, 2.24) is 10.2 Å². The van der Waals surface area contributed by atoms with E-state index < -0.39 is 0 Å². The lowest BCUT2D eigenvalue weighted by atomic mass is 10.2. The number of morpholine rings is 1. The molecule has 0 saturated carbocycles. The molecule has 3 atom stereocenters. The van der Waals surface area contributed by atoms with E-state index in [1.807, 2.05) is 18.9 Å². The van der Waals surface area contributed by atoms with Gasteiger partial charge in [0.1, 0.15) is 0 Å². The molecule has 2 aliphatic rings. The average molecular weight is 198 g/mol. The number of rotatable bonds is 2. The SMILES string of the molecule is CNC(C)C(=O)N1CC2CCC(C1)O2. The molecule has 0 radical (unpaired) electrons. The fourth-order valence-electron chi connectivity index (χ4n) is 2.19. The van der Waals surface area contributed by atoms with Gasteiger partial charge in [0.2, 0.25) is 5.91 Å². The zero-order chi connectivity index (χ0) is 10.1. The third kappa shape index (κ3) is 1.77. The Hall–Kier alpha value is -0.610. The summed E-state index contributed by atoms with van der Waals surface area (Å²) in [5.74, 6) is 0.202. The molecule has 14 heavy (non-hydrogen) atoms. The number of nitrogens with zero attached hydrogens (tertiary/aromatic N) is 1. The lowest BCUT2D eigenvalue weighted by Gasteiger charge is -2.33. The van der Waals surface area contributed by atoms with Gasteiger partial charge in [0.15, 0.2) is 0 Å². The first kappa shape index (κ1) is 9.93. The van der Waals surface area contributed by atoms with Crippen molar-refractivity contribution < 1.29 is 9.53 Å². The van der Waals surface area contributed by atoms with Crippen LogP contribution in [-0.4, -0.2) is 49.2 Å². The summed E-state index contributed by atoms with van der Waals surface area (Å²) in [6.07, 6.45) is 2.81. The lowest BCUT2D eigenvalue weighted by Crippen LogP contribution is -2.51. The Labute approximate surface area is 84.6 Å². The highest BCUT2D eigenvalue weighted by Gasteiger charge is 2.36. The highest BCUT2D eigenvalue weighted by atomic mass is 16.5. The molecular weight excluding hydrogens is 180 g/mol. The Morgan fingerprint density at radius 3 is 2.50 bits per heavy atom. The third-order valence-corrected chi connectivity index (χ3v) is 3.16. The molecule has 2 heterocycles. The molecule has 1 amide bonds. The maximum absolute atomic E-state index is 11.9. The molecule has 4 heteroatoms. The number of nitrogens with one attached hydrogen (secondary N) is 1. The molecule has 2 fully saturated rings. The number of fused-ring (bicyclic) bond motifs is 2. The number of ether oxygens (including phenoxy) is 1. The Morgan fingerprint density at radius 1 is 1.43 bits per heavy atom. The van der Waals surface area contributed by atoms with Crippen molar-refractivity contribution in [3.8, 4) is 0 Å². The van der Waals surface area contributed by atoms with Crippen molar-refractivity contribution in [3.05, 3.63) is 0 Å². The quantitative estimate of drug-likeness (QED) is 0.678. The largest absolute Gasteiger partial charge is 0.371 e. The molecule has 0 aromatic carbocycles. The van der Waals surface area contributed by atoms with Crippen molar-refractivity contribution in [1.29, 1.82) is 0 Å². The van der Waals surface area contributed by atoms with Crippen molar-refractivity contribution in [2.24, 2.45) is 0 Å². The predicted molar refractivity (Wildman–Crippen MR) is 53.0 cm³/mol. The molecule has 4 nitrogen and oxygen atoms in total. The molecule has 2 bridgehead atoms. The summed E-state index contributed by atoms with van der Waals surface area (Å²) < 4.78 is 5.68. The highest BCUT2D eigenvalue weighted by Crippen LogP contribution is 2.26. The molecule has 0 spiro atoms. The molecule has 2 aliphatic heterocycles. The zero-order valence-electron chi connectivity index (χ0n) is 8.82. The van der Waals surface area contributed by atoms with Crippen LogP contribution in [0.15, 0.2) is 0 Å². The number of amides is 1. The first-order valence-corrected chi connectivity index (χ1v) is 5.32. The molecule has 0 aromatic rings. The molecule has 1 N–H and O–H groups in total. The Balaban J connectivity index is 1.95. The van der Waals surface area contributed by atoms with Crippen LogP contribution in [0.2, 0.25) is 0 Å². The monoisotopic (exact) mass is 198 g/mol. The normalized spacial score (nSPS) is 33.1. The number of likely N-dealkylation sites (tertiary alicyclic amines) is 1. The van der Waals surface area contributed by atoms with E-state index >= 15 is 0 Å². The third-order valence-electron chi connectivity index (χ3n) is 3.16. The number of carbonyl (C=O) groups is 1. The topological polar surface area (TPSA) is 41.6 Å². The Kier molecular flexibility index (Phi) is 2.74. The van der Waals surface area contributed by atoms with Crippen LogP contribution in [0.4, 0.5) is 0 Å². The lowest BCUT2D eigenvalue weighted by molar-refractivity contribution is -0.141. The van der Waals surface area contributed by atoms with E-state index in [0.717, 1.165) is 25.9 Å². The summed E-state index contributed by atoms with van der Waals surface area (Å²) in [7, 11) is 1.82. The minimum Gasteiger partial charge on any atom is -0.371 e. The number of hydrogen-bond donors (Lipinski definition) is 1. The minimum absolute atomic E-state index is 0.0764. The van der Waals surface area contributed by atoms with Crippen LogP contribution in [0.1, 0.15) is 19.8 Å². The van der Waals surface area contributed by atoms with Gasteiger partial charge in [-0.3, -0.25) is 4.79 Å². The molecular formula is C10H18N2O2. The summed E-state index contributed by atoms with van der Waals surface area (Å²) in [5, 5.41) is 2.98. The Morgan fingerprint density at radius 2 is 2.00 bits per heavy atom. The van der Waals surface area contributed by atoms with Crippen molar-refractivity contribution in [2.75, 3.05) is 20.1 Å². The van der Waals surface area contributed by atoms with Crippen LogP contribution >= 0.6 is 0 Å². The van der Waals surface area contributed by atoms with E-state index in [-0.39, 0.29) is 11.9 Å². The smallest absolute Gasteiger partial charge is 0.239 e. The first-order valence-electron chi connectivity index (χ1n) is 5.32. The second-order valence-electron chi connectivity index (χ2n) is 4.21. The van der Waals surface area contributed by atoms with Crippen LogP contribution in [-0.2, 0) is 9.53 Å². The summed E-state index contributed by atoms with van der Waals surface area (Å²) in [6, 6.07) is -0.0764. The van der Waals surface area contributed by atoms with Crippen LogP contribution in [0.5, 0.6) is 0 Å². The number of likely N-dealkylation sites (N-methyl/N-ethyl adjacent to an activating group) is 1. The van der Waals surface area contributed by atoms with Gasteiger partial charge in [0.05, 0.1) is 18.2 Å². The predicted octanol–water partition coefficient (Wildman–Crippen LogP) is -0.0159. The van der Waals surface area contributed by atoms with E-state index in [1.54, 1.807) is 0 Å². The van der Waals surface area contributed by atoms with Gasteiger partial charge in [-0.2, -0.15) is 0 Å². The van der Waals surface area contributed by atoms with Gasteiger partial charge >= 0.3 is 0 Å². The molecule has 2 saturated heterocycles. The second-order valence-corrected chi connectivity index (χ2v) is 4.21. The van der Waals surface area contributed by atoms with E-state index in [9.17, 15) is 4.79 Å². The van der Waals surface area contributed by atoms with Crippen LogP contribution in [0.3, 0.4) is 0 Å². The van der Waals surface area contributed by atoms with Gasteiger partial charge in [-0.25, -0.2) is 0 Å². The summed E-state index contributed by atoms with van der Waals surface area (Å²) in [4.78, 5) is 13.8. The maximum atomic E-state index is 11.9. The Bertz CT molecular complexity index is 220. The first-order chi connectivity index (χ1) is 6.70. The summed E-state index contributed by atoms with van der Waals surface area (Å²) >= 11 is 0. The average Bonchev–Trinajstić information content (AvgIpc) is 2.55. The van der Waals surface area contributed by atoms with E-state index in [1.165, 1.54) is 0 Å². The standard InChI is InChI=1S/C10H18N2O2/c1-7(11-2)10(13)12-5-8-3-4-9(6-12)14-8/h7-9,11H,3-6H2,1-2H3. The molecule has 0 aliphatic carbocycles. The fourth-order valence-corrected chi connectivity index (χ4v) is 2.19. The van der Waals surface area contributed by atoms with Gasteiger partial charge in [-0.1, -0.05) is 0 Å². The molecule has 2 rings (SSSR count). The van der Waals surface area contributed by atoms with E-state index in [2.05, 4.69) is 5.32 Å². The van der Waals surface area contributed by atoms with Gasteiger partial charge in [-0.15, -0.1) is 0 Å². The van der Waals surface area contributed by atoms with E-state index in [0.29, 0.717) is 12.2 Å². The van der Waals surface area contributed by atoms with Crippen LogP contribution < -0.4 is 5.32 Å². The summed E-state index contributed by atoms with van der Waals surface area (Å²) in [6.45, 7) is 3.46. The minimum atomic E-state index is -0.0764. The van der Waals surface area contributed by atoms with Crippen molar-refractivity contribution in [3.63, 3.8) is 0 Å². The summed E-state index contributed by atoms with van der Waals surface area (Å²) in [5.41, 5.74) is 0. The van der Waals surface area contributed by atoms with Gasteiger partial charge < -0.3 is 15.0 Å². The fraction of sp³-hybridized carbons (Fsp3) is 0.900. The van der Waals surface area contributed by atoms with E-state index in [4.69, 9.17) is 4.74 Å². The van der Waals surface area contributed by atoms with Crippen molar-refractivity contribution in [2.45, 2.75) is 38.0 Å². The van der Waals surface area contributed by atoms with Crippen molar-refractivity contribution >= 4 is 5.91 Å². The highest BCUT2D eigenvalue weighted by molar-refractivity contribution is 5.81. The van der Waals surface area contributed by atoms with Crippen LogP contribution in [0, 0.1) is 0 Å². The second kappa shape index (κ2) is 3.87. The van der Waals surface area contributed by atoms with Gasteiger partial charge in [0.25, 0.3) is 0 Å².